The van der Waals surface area contributed by atoms with E-state index in [1.807, 2.05) is 0 Å². The van der Waals surface area contributed by atoms with Crippen molar-refractivity contribution in [1.82, 2.24) is 19.9 Å². The maximum atomic E-state index is 12.3. The molecular weight excluding hydrogens is 697 g/mol. The van der Waals surface area contributed by atoms with Gasteiger partial charge in [-0.3, -0.25) is 0 Å². The van der Waals surface area contributed by atoms with E-state index in [9.17, 15) is 26.3 Å². The number of aromatic nitrogens is 4. The number of alkyl halides is 6. The Morgan fingerprint density at radius 1 is 0.514 bits per heavy atom. The van der Waals surface area contributed by atoms with Crippen LogP contribution in [0.3, 0.4) is 0 Å². The number of benzene rings is 2. The molecule has 0 saturated heterocycles. The van der Waals surface area contributed by atoms with E-state index >= 15 is 0 Å². The average Bonchev–Trinajstić information content (AvgIpc) is 2.85. The summed E-state index contributed by atoms with van der Waals surface area (Å²) in [6, 6.07) is 12.8. The zero-order chi connectivity index (χ0) is 25.9. The number of halogens is 8. The minimum absolute atomic E-state index is 0.413. The number of rotatable bonds is 2. The fraction of sp³-hybridized carbons (Fsp3) is 0.0909. The zero-order valence-electron chi connectivity index (χ0n) is 17.2. The van der Waals surface area contributed by atoms with E-state index in [-0.39, 0.29) is 0 Å². The van der Waals surface area contributed by atoms with Crippen LogP contribution in [0.1, 0.15) is 11.1 Å². The second kappa shape index (κ2) is 13.5. The molecule has 187 valence electrons. The average molecular weight is 711 g/mol. The van der Waals surface area contributed by atoms with Gasteiger partial charge in [-0.1, -0.05) is 24.3 Å². The van der Waals surface area contributed by atoms with Crippen molar-refractivity contribution >= 4 is 19.2 Å². The van der Waals surface area contributed by atoms with Gasteiger partial charge < -0.3 is 0 Å². The van der Waals surface area contributed by atoms with Gasteiger partial charge >= 0.3 is 47.2 Å². The number of hydrogen-bond donors (Lipinski definition) is 0. The van der Waals surface area contributed by atoms with Gasteiger partial charge in [0.1, 0.15) is 0 Å². The topological polar surface area (TPSA) is 51.6 Å². The Morgan fingerprint density at radius 3 is 1.00 bits per heavy atom. The molecule has 2 heterocycles. The first kappa shape index (κ1) is 28.6. The van der Waals surface area contributed by atoms with Crippen molar-refractivity contribution in [3.63, 3.8) is 0 Å². The molecule has 0 saturated carbocycles. The fourth-order valence-corrected chi connectivity index (χ4v) is 2.51. The van der Waals surface area contributed by atoms with Gasteiger partial charge in [0.15, 0.2) is 11.6 Å². The second-order valence-corrected chi connectivity index (χ2v) is 9.80. The normalized spacial score (nSPS) is 11.1. The summed E-state index contributed by atoms with van der Waals surface area (Å²) in [6.45, 7) is 0. The SMILES string of the molecule is FC(F)(F)c1ccc(-c2ncccn2)cc1.FC(F)(F)c1ccc(-c2ncccn2)cc1.[Cl][Ir][Cl]. The molecule has 0 unspecified atom stereocenters. The van der Waals surface area contributed by atoms with Gasteiger partial charge in [0.2, 0.25) is 0 Å². The zero-order valence-corrected chi connectivity index (χ0v) is 21.1. The van der Waals surface area contributed by atoms with Crippen LogP contribution in [0.15, 0.2) is 85.5 Å². The molecule has 4 rings (SSSR count). The van der Waals surface area contributed by atoms with Crippen molar-refractivity contribution in [2.75, 3.05) is 0 Å². The quantitative estimate of drug-likeness (QED) is 0.200. The Labute approximate surface area is 212 Å². The van der Waals surface area contributed by atoms with Crippen LogP contribution in [-0.2, 0) is 28.0 Å². The fourth-order valence-electron chi connectivity index (χ4n) is 2.51. The Balaban J connectivity index is 0.000000222. The van der Waals surface area contributed by atoms with Gasteiger partial charge in [-0.15, -0.1) is 0 Å². The van der Waals surface area contributed by atoms with Crippen molar-refractivity contribution in [2.45, 2.75) is 12.4 Å². The van der Waals surface area contributed by atoms with Crippen molar-refractivity contribution in [3.05, 3.63) is 96.6 Å². The van der Waals surface area contributed by atoms with Crippen LogP contribution in [0.25, 0.3) is 22.8 Å². The summed E-state index contributed by atoms with van der Waals surface area (Å²) >= 11 is -0.556. The molecule has 4 aromatic rings. The van der Waals surface area contributed by atoms with Gasteiger partial charge in [-0.05, 0) is 36.4 Å². The van der Waals surface area contributed by atoms with Crippen molar-refractivity contribution in [3.8, 4) is 22.8 Å². The summed E-state index contributed by atoms with van der Waals surface area (Å²) in [6.07, 6.45) is -2.45. The predicted molar refractivity (Wildman–Crippen MR) is 117 cm³/mol. The Hall–Kier alpha value is -2.59. The molecule has 35 heavy (non-hydrogen) atoms. The standard InChI is InChI=1S/2C11H7F3N2.2ClH.Ir/c2*12-11(13,14)9-4-2-8(3-5-9)10-15-6-1-7-16-10;;;/h2*1-7H;2*1H;/q;;;;+2/p-2. The van der Waals surface area contributed by atoms with Gasteiger partial charge in [-0.25, -0.2) is 19.9 Å². The van der Waals surface area contributed by atoms with Crippen molar-refractivity contribution in [2.24, 2.45) is 0 Å². The van der Waals surface area contributed by atoms with E-state index in [1.165, 1.54) is 24.3 Å². The molecule has 0 N–H and O–H groups in total. The first-order chi connectivity index (χ1) is 16.6. The van der Waals surface area contributed by atoms with E-state index in [0.717, 1.165) is 24.3 Å². The summed E-state index contributed by atoms with van der Waals surface area (Å²) < 4.78 is 73.7. The molecule has 0 radical (unpaired) electrons. The van der Waals surface area contributed by atoms with Gasteiger partial charge in [0.05, 0.1) is 11.1 Å². The van der Waals surface area contributed by atoms with Gasteiger partial charge in [-0.2, -0.15) is 26.3 Å². The molecule has 13 heteroatoms. The monoisotopic (exact) mass is 711 g/mol. The molecule has 0 bridgehead atoms. The van der Waals surface area contributed by atoms with Crippen LogP contribution in [0.5, 0.6) is 0 Å². The maximum absolute atomic E-state index is 12.3. The van der Waals surface area contributed by atoms with Crippen molar-refractivity contribution < 1.29 is 42.0 Å². The number of nitrogens with zero attached hydrogens (tertiary/aromatic N) is 4. The van der Waals surface area contributed by atoms with Crippen LogP contribution in [-0.4, -0.2) is 19.9 Å². The molecule has 0 aliphatic heterocycles. The van der Waals surface area contributed by atoms with E-state index in [0.29, 0.717) is 22.8 Å². The van der Waals surface area contributed by atoms with E-state index in [4.69, 9.17) is 19.2 Å². The molecule has 0 fully saturated rings. The first-order valence-electron chi connectivity index (χ1n) is 9.29. The van der Waals surface area contributed by atoms with E-state index in [1.54, 1.807) is 36.9 Å². The molecule has 0 aliphatic rings. The summed E-state index contributed by atoms with van der Waals surface area (Å²) in [5.74, 6) is 0.826. The molecule has 0 amide bonds. The third-order valence-corrected chi connectivity index (χ3v) is 4.07. The first-order valence-corrected chi connectivity index (χ1v) is 15.2. The Bertz CT molecular complexity index is 1050. The van der Waals surface area contributed by atoms with Crippen LogP contribution in [0.2, 0.25) is 0 Å². The molecule has 0 aliphatic carbocycles. The van der Waals surface area contributed by atoms with Crippen LogP contribution in [0.4, 0.5) is 26.3 Å². The van der Waals surface area contributed by atoms with Crippen molar-refractivity contribution in [1.29, 1.82) is 0 Å². The summed E-state index contributed by atoms with van der Waals surface area (Å²) in [5.41, 5.74) is -0.221. The Kier molecular flexibility index (Phi) is 11.0. The van der Waals surface area contributed by atoms with Crippen LogP contribution >= 0.6 is 19.2 Å². The van der Waals surface area contributed by atoms with E-state index in [2.05, 4.69) is 19.9 Å². The predicted octanol–water partition coefficient (Wildman–Crippen LogP) is 7.70. The van der Waals surface area contributed by atoms with Gasteiger partial charge in [0, 0.05) is 35.9 Å². The summed E-state index contributed by atoms with van der Waals surface area (Å²) in [5, 5.41) is 0. The van der Waals surface area contributed by atoms with Gasteiger partial charge in [0.25, 0.3) is 0 Å². The minimum atomic E-state index is -4.31. The second-order valence-electron chi connectivity index (χ2n) is 6.34. The third kappa shape index (κ3) is 9.52. The summed E-state index contributed by atoms with van der Waals surface area (Å²) in [7, 11) is 9.78. The van der Waals surface area contributed by atoms with E-state index < -0.39 is 39.2 Å². The molecular formula is C22H14Cl2F6IrN4. The molecule has 2 aromatic heterocycles. The van der Waals surface area contributed by atoms with Crippen LogP contribution < -0.4 is 0 Å². The van der Waals surface area contributed by atoms with Crippen LogP contribution in [0, 0.1) is 0 Å². The molecule has 0 atom stereocenters. The molecule has 2 aromatic carbocycles. The molecule has 4 nitrogen and oxygen atoms in total. The Morgan fingerprint density at radius 2 is 0.771 bits per heavy atom. The summed E-state index contributed by atoms with van der Waals surface area (Å²) in [4.78, 5) is 15.8. The molecule has 0 spiro atoms. The third-order valence-electron chi connectivity index (χ3n) is 4.07. The number of hydrogen-bond acceptors (Lipinski definition) is 4.